The molecule has 1 amide bonds. The van der Waals surface area contributed by atoms with Gasteiger partial charge in [-0.05, 0) is 18.2 Å². The first kappa shape index (κ1) is 13.8. The van der Waals surface area contributed by atoms with Crippen LogP contribution in [0.25, 0.3) is 6.08 Å². The molecule has 0 spiro atoms. The van der Waals surface area contributed by atoms with Gasteiger partial charge in [-0.2, -0.15) is 0 Å². The smallest absolute Gasteiger partial charge is 0.266 e. The summed E-state index contributed by atoms with van der Waals surface area (Å²) in [5, 5.41) is 10.4. The molecule has 0 N–H and O–H groups in total. The van der Waals surface area contributed by atoms with Crippen LogP contribution in [-0.4, -0.2) is 32.2 Å². The van der Waals surface area contributed by atoms with Gasteiger partial charge < -0.3 is 14.5 Å². The van der Waals surface area contributed by atoms with Gasteiger partial charge in [-0.15, -0.1) is 0 Å². The lowest BCUT2D eigenvalue weighted by Crippen LogP contribution is -2.33. The van der Waals surface area contributed by atoms with Crippen molar-refractivity contribution in [2.45, 2.75) is 6.42 Å². The fourth-order valence-electron chi connectivity index (χ4n) is 1.65. The number of aliphatic carboxylic acids is 1. The SMILES string of the molecule is Cn1cccc1/C=C1\SC(=S)N(CCC(=O)[O-])C1=O. The number of aryl methyl sites for hydroxylation is 1. The number of thiocarbonyl (C=S) groups is 1. The van der Waals surface area contributed by atoms with Crippen LogP contribution < -0.4 is 5.11 Å². The maximum Gasteiger partial charge on any atom is 0.266 e. The van der Waals surface area contributed by atoms with E-state index in [0.29, 0.717) is 9.23 Å². The monoisotopic (exact) mass is 295 g/mol. The van der Waals surface area contributed by atoms with E-state index in [1.165, 1.54) is 16.7 Å². The molecule has 5 nitrogen and oxygen atoms in total. The lowest BCUT2D eigenvalue weighted by atomic mass is 10.3. The van der Waals surface area contributed by atoms with Crippen molar-refractivity contribution in [1.82, 2.24) is 9.47 Å². The van der Waals surface area contributed by atoms with E-state index in [0.717, 1.165) is 5.69 Å². The largest absolute Gasteiger partial charge is 0.550 e. The molecule has 7 heteroatoms. The molecule has 1 aromatic rings. The van der Waals surface area contributed by atoms with Gasteiger partial charge in [0.05, 0.1) is 4.91 Å². The lowest BCUT2D eigenvalue weighted by molar-refractivity contribution is -0.305. The molecule has 0 aliphatic carbocycles. The minimum Gasteiger partial charge on any atom is -0.550 e. The third kappa shape index (κ3) is 3.05. The Morgan fingerprint density at radius 1 is 1.58 bits per heavy atom. The van der Waals surface area contributed by atoms with Gasteiger partial charge >= 0.3 is 0 Å². The zero-order valence-corrected chi connectivity index (χ0v) is 11.8. The van der Waals surface area contributed by atoms with Gasteiger partial charge in [0.15, 0.2) is 0 Å². The van der Waals surface area contributed by atoms with Gasteiger partial charge in [-0.3, -0.25) is 9.69 Å². The first-order chi connectivity index (χ1) is 8.99. The molecule has 0 atom stereocenters. The Balaban J connectivity index is 2.16. The highest BCUT2D eigenvalue weighted by atomic mass is 32.2. The van der Waals surface area contributed by atoms with Gasteiger partial charge in [-0.1, -0.05) is 24.0 Å². The number of hydrogen-bond donors (Lipinski definition) is 0. The Bertz CT molecular complexity index is 577. The number of hydrogen-bond acceptors (Lipinski definition) is 5. The first-order valence-corrected chi connectivity index (χ1v) is 6.78. The lowest BCUT2D eigenvalue weighted by Gasteiger charge is -2.14. The third-order valence-corrected chi connectivity index (χ3v) is 4.05. The Hall–Kier alpha value is -1.60. The second kappa shape index (κ2) is 5.58. The van der Waals surface area contributed by atoms with E-state index in [-0.39, 0.29) is 18.9 Å². The summed E-state index contributed by atoms with van der Waals surface area (Å²) in [5.74, 6) is -1.45. The molecule has 1 saturated heterocycles. The van der Waals surface area contributed by atoms with Crippen molar-refractivity contribution in [2.24, 2.45) is 7.05 Å². The van der Waals surface area contributed by atoms with Crippen molar-refractivity contribution in [1.29, 1.82) is 0 Å². The van der Waals surface area contributed by atoms with Crippen LogP contribution >= 0.6 is 24.0 Å². The number of carbonyl (C=O) groups excluding carboxylic acids is 2. The molecule has 0 aromatic carbocycles. The molecule has 0 unspecified atom stereocenters. The Labute approximate surface area is 119 Å². The van der Waals surface area contributed by atoms with Crippen molar-refractivity contribution >= 4 is 46.3 Å². The predicted octanol–water partition coefficient (Wildman–Crippen LogP) is 0.366. The summed E-state index contributed by atoms with van der Waals surface area (Å²) in [6.07, 6.45) is 3.41. The highest BCUT2D eigenvalue weighted by Crippen LogP contribution is 2.32. The van der Waals surface area contributed by atoms with E-state index in [1.54, 1.807) is 6.08 Å². The molecule has 0 bridgehead atoms. The van der Waals surface area contributed by atoms with Crippen LogP contribution in [0, 0.1) is 0 Å². The van der Waals surface area contributed by atoms with Crippen LogP contribution in [0.15, 0.2) is 23.2 Å². The predicted molar refractivity (Wildman–Crippen MR) is 74.9 cm³/mol. The maximum absolute atomic E-state index is 12.1. The normalized spacial score (nSPS) is 17.5. The van der Waals surface area contributed by atoms with E-state index in [2.05, 4.69) is 0 Å². The van der Waals surface area contributed by atoms with Crippen LogP contribution in [0.2, 0.25) is 0 Å². The fraction of sp³-hybridized carbons (Fsp3) is 0.250. The number of nitrogens with zero attached hydrogens (tertiary/aromatic N) is 2. The molecule has 0 saturated carbocycles. The number of carbonyl (C=O) groups is 2. The summed E-state index contributed by atoms with van der Waals surface area (Å²) in [5.41, 5.74) is 0.889. The van der Waals surface area contributed by atoms with E-state index in [9.17, 15) is 14.7 Å². The number of rotatable bonds is 4. The quantitative estimate of drug-likeness (QED) is 0.593. The van der Waals surface area contributed by atoms with Crippen molar-refractivity contribution in [2.75, 3.05) is 6.54 Å². The molecular weight excluding hydrogens is 284 g/mol. The fourth-order valence-corrected chi connectivity index (χ4v) is 2.95. The molecule has 2 heterocycles. The summed E-state index contributed by atoms with van der Waals surface area (Å²) in [6, 6.07) is 3.76. The van der Waals surface area contributed by atoms with Crippen LogP contribution in [0.1, 0.15) is 12.1 Å². The zero-order valence-electron chi connectivity index (χ0n) is 10.2. The van der Waals surface area contributed by atoms with Gasteiger partial charge in [0, 0.05) is 37.9 Å². The van der Waals surface area contributed by atoms with Gasteiger partial charge in [-0.25, -0.2) is 0 Å². The second-order valence-electron chi connectivity index (χ2n) is 4.00. The molecular formula is C12H11N2O3S2-. The number of thioether (sulfide) groups is 1. The van der Waals surface area contributed by atoms with Crippen LogP contribution in [-0.2, 0) is 16.6 Å². The highest BCUT2D eigenvalue weighted by Gasteiger charge is 2.31. The maximum atomic E-state index is 12.1. The zero-order chi connectivity index (χ0) is 14.0. The van der Waals surface area contributed by atoms with Gasteiger partial charge in [0.1, 0.15) is 4.32 Å². The van der Waals surface area contributed by atoms with Crippen molar-refractivity contribution in [3.05, 3.63) is 28.9 Å². The van der Waals surface area contributed by atoms with Crippen molar-refractivity contribution in [3.63, 3.8) is 0 Å². The second-order valence-corrected chi connectivity index (χ2v) is 5.68. The number of carboxylic acid groups (broad SMARTS) is 1. The van der Waals surface area contributed by atoms with Crippen LogP contribution in [0.4, 0.5) is 0 Å². The number of carboxylic acids is 1. The molecule has 100 valence electrons. The van der Waals surface area contributed by atoms with E-state index in [4.69, 9.17) is 12.2 Å². The average Bonchev–Trinajstić information content (AvgIpc) is 2.84. The van der Waals surface area contributed by atoms with Crippen LogP contribution in [0.5, 0.6) is 0 Å². The first-order valence-electron chi connectivity index (χ1n) is 5.55. The standard InChI is InChI=1S/C12H12N2O3S2/c1-13-5-2-3-8(13)7-9-11(17)14(12(18)19-9)6-4-10(15)16/h2-3,5,7H,4,6H2,1H3,(H,15,16)/p-1/b9-7-. The van der Waals surface area contributed by atoms with E-state index >= 15 is 0 Å². The average molecular weight is 295 g/mol. The van der Waals surface area contributed by atoms with E-state index in [1.807, 2.05) is 29.9 Å². The molecule has 1 aliphatic heterocycles. The summed E-state index contributed by atoms with van der Waals surface area (Å²) < 4.78 is 2.26. The number of aromatic nitrogens is 1. The van der Waals surface area contributed by atoms with Crippen molar-refractivity contribution in [3.8, 4) is 0 Å². The van der Waals surface area contributed by atoms with Crippen LogP contribution in [0.3, 0.4) is 0 Å². The molecule has 1 aliphatic rings. The summed E-state index contributed by atoms with van der Waals surface area (Å²) in [7, 11) is 1.88. The molecule has 0 radical (unpaired) electrons. The third-order valence-electron chi connectivity index (χ3n) is 2.68. The topological polar surface area (TPSA) is 65.4 Å². The summed E-state index contributed by atoms with van der Waals surface area (Å²) >= 11 is 6.26. The Morgan fingerprint density at radius 2 is 2.32 bits per heavy atom. The van der Waals surface area contributed by atoms with Crippen molar-refractivity contribution < 1.29 is 14.7 Å². The Kier molecular flexibility index (Phi) is 4.06. The van der Waals surface area contributed by atoms with E-state index < -0.39 is 5.97 Å². The Morgan fingerprint density at radius 3 is 2.89 bits per heavy atom. The summed E-state index contributed by atoms with van der Waals surface area (Å²) in [4.78, 5) is 24.3. The highest BCUT2D eigenvalue weighted by molar-refractivity contribution is 8.26. The minimum absolute atomic E-state index is 0.0531. The molecule has 19 heavy (non-hydrogen) atoms. The van der Waals surface area contributed by atoms with Gasteiger partial charge in [0.25, 0.3) is 5.91 Å². The molecule has 1 aromatic heterocycles. The summed E-state index contributed by atoms with van der Waals surface area (Å²) in [6.45, 7) is 0.0531. The molecule has 2 rings (SSSR count). The van der Waals surface area contributed by atoms with Gasteiger partial charge in [0.2, 0.25) is 0 Å². The number of amides is 1. The molecule has 1 fully saturated rings. The minimum atomic E-state index is -1.19.